The molecule has 1 N–H and O–H groups in total. The molecule has 0 spiro atoms. The molecule has 1 aromatic heterocycles. The molecule has 3 rings (SSSR count). The molecular formula is C23H26N2O5S2. The number of rotatable bonds is 10. The van der Waals surface area contributed by atoms with Crippen LogP contribution in [-0.4, -0.2) is 39.3 Å². The van der Waals surface area contributed by atoms with Crippen molar-refractivity contribution in [3.05, 3.63) is 48.0 Å². The van der Waals surface area contributed by atoms with Gasteiger partial charge in [0.05, 0.1) is 28.8 Å². The monoisotopic (exact) mass is 474 g/mol. The third kappa shape index (κ3) is 6.30. The van der Waals surface area contributed by atoms with Crippen LogP contribution in [0.5, 0.6) is 11.5 Å². The third-order valence-electron chi connectivity index (χ3n) is 4.64. The topological polar surface area (TPSA) is 94.6 Å². The van der Waals surface area contributed by atoms with E-state index in [1.165, 1.54) is 23.5 Å². The highest BCUT2D eigenvalue weighted by molar-refractivity contribution is 7.90. The highest BCUT2D eigenvalue weighted by Crippen LogP contribution is 2.30. The molecule has 1 heterocycles. The number of methoxy groups -OCH3 is 1. The molecule has 0 fully saturated rings. The smallest absolute Gasteiger partial charge is 0.250 e. The number of unbranched alkanes of at least 4 members (excludes halogenated alkanes) is 2. The van der Waals surface area contributed by atoms with E-state index in [0.29, 0.717) is 33.5 Å². The highest BCUT2D eigenvalue weighted by atomic mass is 32.2. The summed E-state index contributed by atoms with van der Waals surface area (Å²) in [5, 5.41) is 3.11. The first-order valence-electron chi connectivity index (χ1n) is 10.2. The predicted molar refractivity (Wildman–Crippen MR) is 128 cm³/mol. The second kappa shape index (κ2) is 10.6. The van der Waals surface area contributed by atoms with E-state index in [1.807, 2.05) is 18.2 Å². The van der Waals surface area contributed by atoms with E-state index < -0.39 is 9.84 Å². The number of sulfone groups is 1. The Kier molecular flexibility index (Phi) is 7.87. The van der Waals surface area contributed by atoms with Crippen molar-refractivity contribution in [2.75, 3.05) is 25.3 Å². The minimum Gasteiger partial charge on any atom is -0.493 e. The SMILES string of the molecule is CCCCCOc1ccc(/C=C/C(=O)Nc2nc3ccc(S(C)(=O)=O)cc3s2)cc1OC. The van der Waals surface area contributed by atoms with E-state index in [4.69, 9.17) is 9.47 Å². The fraction of sp³-hybridized carbons (Fsp3) is 0.304. The van der Waals surface area contributed by atoms with Crippen molar-refractivity contribution < 1.29 is 22.7 Å². The Bertz CT molecular complexity index is 1230. The summed E-state index contributed by atoms with van der Waals surface area (Å²) in [5.74, 6) is 0.941. The van der Waals surface area contributed by atoms with Gasteiger partial charge in [-0.05, 0) is 48.4 Å². The van der Waals surface area contributed by atoms with Crippen LogP contribution in [0.1, 0.15) is 31.7 Å². The molecule has 0 saturated carbocycles. The number of ether oxygens (including phenoxy) is 2. The largest absolute Gasteiger partial charge is 0.493 e. The summed E-state index contributed by atoms with van der Waals surface area (Å²) in [6.07, 6.45) is 7.47. The van der Waals surface area contributed by atoms with Crippen molar-refractivity contribution in [2.24, 2.45) is 0 Å². The lowest BCUT2D eigenvalue weighted by Gasteiger charge is -2.11. The second-order valence-electron chi connectivity index (χ2n) is 7.21. The summed E-state index contributed by atoms with van der Waals surface area (Å²) in [6, 6.07) is 10.2. The number of anilines is 1. The van der Waals surface area contributed by atoms with Gasteiger partial charge in [0.15, 0.2) is 26.5 Å². The van der Waals surface area contributed by atoms with Gasteiger partial charge >= 0.3 is 0 Å². The van der Waals surface area contributed by atoms with Crippen LogP contribution in [0.3, 0.4) is 0 Å². The minimum atomic E-state index is -3.30. The first kappa shape index (κ1) is 23.7. The summed E-state index contributed by atoms with van der Waals surface area (Å²) in [4.78, 5) is 16.9. The molecule has 0 saturated heterocycles. The maximum Gasteiger partial charge on any atom is 0.250 e. The van der Waals surface area contributed by atoms with Crippen LogP contribution in [-0.2, 0) is 14.6 Å². The molecule has 0 aliphatic heterocycles. The first-order chi connectivity index (χ1) is 15.3. The summed E-state index contributed by atoms with van der Waals surface area (Å²) < 4.78 is 35.3. The molecule has 0 unspecified atom stereocenters. The molecule has 0 bridgehead atoms. The number of nitrogens with one attached hydrogen (secondary N) is 1. The van der Waals surface area contributed by atoms with Crippen LogP contribution in [0.15, 0.2) is 47.4 Å². The van der Waals surface area contributed by atoms with Crippen molar-refractivity contribution in [3.8, 4) is 11.5 Å². The molecule has 32 heavy (non-hydrogen) atoms. The molecule has 3 aromatic rings. The molecule has 0 atom stereocenters. The number of benzene rings is 2. The second-order valence-corrected chi connectivity index (χ2v) is 10.3. The third-order valence-corrected chi connectivity index (χ3v) is 6.68. The molecule has 0 aliphatic rings. The van der Waals surface area contributed by atoms with Crippen molar-refractivity contribution >= 4 is 48.5 Å². The van der Waals surface area contributed by atoms with Gasteiger partial charge in [0.1, 0.15) is 0 Å². The predicted octanol–water partition coefficient (Wildman–Crippen LogP) is 4.93. The Morgan fingerprint density at radius 3 is 2.69 bits per heavy atom. The molecule has 2 aromatic carbocycles. The van der Waals surface area contributed by atoms with Crippen LogP contribution in [0.25, 0.3) is 16.3 Å². The lowest BCUT2D eigenvalue weighted by Crippen LogP contribution is -2.07. The number of amides is 1. The Morgan fingerprint density at radius 1 is 1.16 bits per heavy atom. The summed E-state index contributed by atoms with van der Waals surface area (Å²) in [5.41, 5.74) is 1.42. The van der Waals surface area contributed by atoms with Gasteiger partial charge in [0.2, 0.25) is 5.91 Å². The van der Waals surface area contributed by atoms with Crippen molar-refractivity contribution in [3.63, 3.8) is 0 Å². The Labute approximate surface area is 192 Å². The van der Waals surface area contributed by atoms with E-state index in [-0.39, 0.29) is 10.8 Å². The van der Waals surface area contributed by atoms with Gasteiger partial charge in [-0.15, -0.1) is 0 Å². The molecule has 170 valence electrons. The number of hydrogen-bond acceptors (Lipinski definition) is 7. The first-order valence-corrected chi connectivity index (χ1v) is 12.9. The zero-order valence-electron chi connectivity index (χ0n) is 18.3. The number of thiazole rings is 1. The fourth-order valence-electron chi connectivity index (χ4n) is 2.95. The van der Waals surface area contributed by atoms with E-state index in [1.54, 1.807) is 25.3 Å². The normalized spacial score (nSPS) is 11.7. The van der Waals surface area contributed by atoms with Crippen LogP contribution < -0.4 is 14.8 Å². The van der Waals surface area contributed by atoms with Gasteiger partial charge in [0, 0.05) is 12.3 Å². The number of carbonyl (C=O) groups is 1. The molecule has 1 amide bonds. The maximum absolute atomic E-state index is 12.3. The van der Waals surface area contributed by atoms with Crippen LogP contribution in [0, 0.1) is 0 Å². The number of aromatic nitrogens is 1. The molecule has 0 aliphatic carbocycles. The van der Waals surface area contributed by atoms with E-state index in [9.17, 15) is 13.2 Å². The average Bonchev–Trinajstić information content (AvgIpc) is 3.16. The maximum atomic E-state index is 12.3. The lowest BCUT2D eigenvalue weighted by atomic mass is 10.2. The van der Waals surface area contributed by atoms with Crippen molar-refractivity contribution in [2.45, 2.75) is 31.1 Å². The molecule has 9 heteroatoms. The summed E-state index contributed by atoms with van der Waals surface area (Å²) >= 11 is 1.22. The van der Waals surface area contributed by atoms with Gasteiger partial charge in [-0.1, -0.05) is 37.2 Å². The van der Waals surface area contributed by atoms with Crippen LogP contribution in [0.4, 0.5) is 5.13 Å². The standard InChI is InChI=1S/C23H26N2O5S2/c1-4-5-6-13-30-19-11-7-16(14-20(19)29-2)8-12-22(26)25-23-24-18-10-9-17(32(3,27)28)15-21(18)31-23/h7-12,14-15H,4-6,13H2,1-3H3,(H,24,25,26)/b12-8+. The lowest BCUT2D eigenvalue weighted by molar-refractivity contribution is -0.111. The highest BCUT2D eigenvalue weighted by Gasteiger charge is 2.12. The van der Waals surface area contributed by atoms with E-state index in [2.05, 4.69) is 17.2 Å². The summed E-state index contributed by atoms with van der Waals surface area (Å²) in [7, 11) is -1.72. The van der Waals surface area contributed by atoms with Crippen LogP contribution >= 0.6 is 11.3 Å². The molecule has 7 nitrogen and oxygen atoms in total. The van der Waals surface area contributed by atoms with Gasteiger partial charge in [-0.25, -0.2) is 13.4 Å². The van der Waals surface area contributed by atoms with Gasteiger partial charge in [-0.3, -0.25) is 10.1 Å². The number of carbonyl (C=O) groups excluding carboxylic acids is 1. The van der Waals surface area contributed by atoms with Gasteiger partial charge < -0.3 is 9.47 Å². The Morgan fingerprint density at radius 2 is 1.97 bits per heavy atom. The zero-order chi connectivity index (χ0) is 23.1. The molecular weight excluding hydrogens is 448 g/mol. The quantitative estimate of drug-likeness (QED) is 0.331. The van der Waals surface area contributed by atoms with Crippen LogP contribution in [0.2, 0.25) is 0 Å². The Balaban J connectivity index is 1.66. The Hall–Kier alpha value is -2.91. The van der Waals surface area contributed by atoms with E-state index >= 15 is 0 Å². The fourth-order valence-corrected chi connectivity index (χ4v) is 4.58. The van der Waals surface area contributed by atoms with E-state index in [0.717, 1.165) is 31.1 Å². The summed E-state index contributed by atoms with van der Waals surface area (Å²) in [6.45, 7) is 2.78. The molecule has 0 radical (unpaired) electrons. The number of hydrogen-bond donors (Lipinski definition) is 1. The average molecular weight is 475 g/mol. The van der Waals surface area contributed by atoms with Crippen molar-refractivity contribution in [1.29, 1.82) is 0 Å². The van der Waals surface area contributed by atoms with Crippen molar-refractivity contribution in [1.82, 2.24) is 4.98 Å². The minimum absolute atomic E-state index is 0.221. The zero-order valence-corrected chi connectivity index (χ0v) is 19.9. The number of nitrogens with zero attached hydrogens (tertiary/aromatic N) is 1. The van der Waals surface area contributed by atoms with Gasteiger partial charge in [0.25, 0.3) is 0 Å². The van der Waals surface area contributed by atoms with Gasteiger partial charge in [-0.2, -0.15) is 0 Å². The number of fused-ring (bicyclic) bond motifs is 1.